The van der Waals surface area contributed by atoms with Gasteiger partial charge in [-0.05, 0) is 117 Å². The van der Waals surface area contributed by atoms with E-state index < -0.39 is 0 Å². The topological polar surface area (TPSA) is 19.6 Å². The smallest absolute Gasteiger partial charge is 0.143 e. The van der Waals surface area contributed by atoms with Crippen molar-refractivity contribution in [1.82, 2.24) is 0 Å². The summed E-state index contributed by atoms with van der Waals surface area (Å²) in [7, 11) is 0. The molecule has 12 aromatic rings. The second-order valence-electron chi connectivity index (χ2n) is 17.3. The fourth-order valence-electron chi connectivity index (χ4n) is 9.66. The third kappa shape index (κ3) is 8.13. The van der Waals surface area contributed by atoms with E-state index >= 15 is 0 Å². The number of fused-ring (bicyclic) bond motifs is 3. The Morgan fingerprint density at radius 1 is 0.232 bits per heavy atom. The van der Waals surface area contributed by atoms with Crippen LogP contribution in [0.25, 0.3) is 77.6 Å². The van der Waals surface area contributed by atoms with Crippen molar-refractivity contribution in [2.75, 3.05) is 9.80 Å². The van der Waals surface area contributed by atoms with Gasteiger partial charge in [0, 0.05) is 50.3 Å². The highest BCUT2D eigenvalue weighted by molar-refractivity contribution is 6.09. The molecule has 0 N–H and O–H groups in total. The number of hydrogen-bond donors (Lipinski definition) is 0. The molecule has 69 heavy (non-hydrogen) atoms. The Hall–Kier alpha value is -9.18. The number of nitrogens with zero attached hydrogens (tertiary/aromatic N) is 2. The van der Waals surface area contributed by atoms with Gasteiger partial charge in [0.25, 0.3) is 0 Å². The number of furan rings is 1. The summed E-state index contributed by atoms with van der Waals surface area (Å²) in [6, 6.07) is 99.7. The second-order valence-corrected chi connectivity index (χ2v) is 17.3. The lowest BCUT2D eigenvalue weighted by Gasteiger charge is -2.29. The highest BCUT2D eigenvalue weighted by Crippen LogP contribution is 2.45. The van der Waals surface area contributed by atoms with E-state index in [2.05, 4.69) is 277 Å². The fourth-order valence-corrected chi connectivity index (χ4v) is 9.66. The largest absolute Gasteiger partial charge is 0.455 e. The molecular formula is C66H46N2O. The van der Waals surface area contributed by atoms with E-state index in [1.165, 1.54) is 33.4 Å². The maximum absolute atomic E-state index is 6.48. The van der Waals surface area contributed by atoms with Gasteiger partial charge in [-0.3, -0.25) is 0 Å². The summed E-state index contributed by atoms with van der Waals surface area (Å²) in [6.07, 6.45) is 0. The van der Waals surface area contributed by atoms with Crippen molar-refractivity contribution in [3.8, 4) is 55.6 Å². The molecule has 0 atom stereocenters. The molecule has 0 saturated carbocycles. The molecule has 1 aromatic heterocycles. The van der Waals surface area contributed by atoms with E-state index in [4.69, 9.17) is 4.42 Å². The van der Waals surface area contributed by atoms with Crippen molar-refractivity contribution < 1.29 is 4.42 Å². The molecule has 0 bridgehead atoms. The predicted octanol–water partition coefficient (Wildman–Crippen LogP) is 18.9. The van der Waals surface area contributed by atoms with Crippen LogP contribution in [-0.4, -0.2) is 0 Å². The van der Waals surface area contributed by atoms with Crippen molar-refractivity contribution in [1.29, 1.82) is 0 Å². The average molecular weight is 883 g/mol. The van der Waals surface area contributed by atoms with Crippen LogP contribution >= 0.6 is 0 Å². The number of hydrogen-bond acceptors (Lipinski definition) is 3. The fraction of sp³-hybridized carbons (Fsp3) is 0. The molecule has 0 aliphatic carbocycles. The van der Waals surface area contributed by atoms with Crippen LogP contribution in [0.15, 0.2) is 283 Å². The Bertz CT molecular complexity index is 3590. The van der Waals surface area contributed by atoms with E-state index in [0.717, 1.165) is 78.3 Å². The average Bonchev–Trinajstić information content (AvgIpc) is 3.82. The minimum Gasteiger partial charge on any atom is -0.455 e. The Labute approximate surface area is 403 Å². The van der Waals surface area contributed by atoms with E-state index in [0.29, 0.717) is 0 Å². The third-order valence-corrected chi connectivity index (χ3v) is 13.1. The summed E-state index contributed by atoms with van der Waals surface area (Å²) in [5.74, 6) is 0. The number of rotatable bonds is 11. The Morgan fingerprint density at radius 2 is 0.623 bits per heavy atom. The molecule has 3 nitrogen and oxygen atoms in total. The standard InChI is InChI=1S/C66H46N2O/c1-4-16-47(17-5-1)50-30-38-55(39-31-50)67(56-40-32-51(33-41-56)48-18-6-2-7-19-48)59-23-14-22-54(46-59)60-24-10-12-28-64(60)68(57-42-34-52(35-43-57)49-20-8-3-9-21-49)58-44-36-53(37-45-58)61-26-15-27-63-62-25-11-13-29-65(62)69-66(61)63/h1-46H. The van der Waals surface area contributed by atoms with Crippen LogP contribution in [0.1, 0.15) is 0 Å². The normalized spacial score (nSPS) is 11.2. The van der Waals surface area contributed by atoms with Crippen LogP contribution in [-0.2, 0) is 0 Å². The van der Waals surface area contributed by atoms with Crippen LogP contribution in [0, 0.1) is 0 Å². The predicted molar refractivity (Wildman–Crippen MR) is 290 cm³/mol. The monoisotopic (exact) mass is 882 g/mol. The minimum absolute atomic E-state index is 0.896. The molecule has 0 amide bonds. The Morgan fingerprint density at radius 3 is 1.17 bits per heavy atom. The van der Waals surface area contributed by atoms with Gasteiger partial charge < -0.3 is 14.2 Å². The second kappa shape index (κ2) is 18.2. The van der Waals surface area contributed by atoms with E-state index in [-0.39, 0.29) is 0 Å². The van der Waals surface area contributed by atoms with E-state index in [1.807, 2.05) is 12.1 Å². The molecule has 0 aliphatic heterocycles. The van der Waals surface area contributed by atoms with E-state index in [1.54, 1.807) is 0 Å². The van der Waals surface area contributed by atoms with Crippen LogP contribution in [0.4, 0.5) is 34.1 Å². The van der Waals surface area contributed by atoms with Gasteiger partial charge in [0.15, 0.2) is 0 Å². The van der Waals surface area contributed by atoms with Gasteiger partial charge >= 0.3 is 0 Å². The quantitative estimate of drug-likeness (QED) is 0.129. The molecule has 0 aliphatic rings. The van der Waals surface area contributed by atoms with Gasteiger partial charge in [-0.1, -0.05) is 206 Å². The molecule has 0 radical (unpaired) electrons. The van der Waals surface area contributed by atoms with Gasteiger partial charge in [0.1, 0.15) is 11.2 Å². The summed E-state index contributed by atoms with van der Waals surface area (Å²) in [6.45, 7) is 0. The first-order valence-electron chi connectivity index (χ1n) is 23.5. The van der Waals surface area contributed by atoms with Crippen molar-refractivity contribution in [2.45, 2.75) is 0 Å². The number of anilines is 6. The van der Waals surface area contributed by atoms with Gasteiger partial charge in [0.05, 0.1) is 5.69 Å². The zero-order valence-electron chi connectivity index (χ0n) is 37.9. The highest BCUT2D eigenvalue weighted by Gasteiger charge is 2.21. The molecule has 0 unspecified atom stereocenters. The van der Waals surface area contributed by atoms with Crippen LogP contribution in [0.2, 0.25) is 0 Å². The molecule has 11 aromatic carbocycles. The Kier molecular flexibility index (Phi) is 10.9. The van der Waals surface area contributed by atoms with Crippen molar-refractivity contribution >= 4 is 56.1 Å². The zero-order chi connectivity index (χ0) is 45.9. The first-order chi connectivity index (χ1) is 34.2. The summed E-state index contributed by atoms with van der Waals surface area (Å²) in [5, 5.41) is 2.25. The molecule has 0 saturated heterocycles. The van der Waals surface area contributed by atoms with Crippen LogP contribution in [0.5, 0.6) is 0 Å². The van der Waals surface area contributed by atoms with Gasteiger partial charge in [0.2, 0.25) is 0 Å². The summed E-state index contributed by atoms with van der Waals surface area (Å²) < 4.78 is 6.48. The van der Waals surface area contributed by atoms with E-state index in [9.17, 15) is 0 Å². The van der Waals surface area contributed by atoms with Crippen molar-refractivity contribution in [3.63, 3.8) is 0 Å². The first-order valence-corrected chi connectivity index (χ1v) is 23.5. The molecule has 3 heteroatoms. The molecule has 1 heterocycles. The maximum atomic E-state index is 6.48. The van der Waals surface area contributed by atoms with Gasteiger partial charge in [-0.15, -0.1) is 0 Å². The SMILES string of the molecule is c1ccc(-c2ccc(N(c3ccc(-c4ccccc4)cc3)c3cccc(-c4ccccc4N(c4ccc(-c5ccccc5)cc4)c4ccc(-c5cccc6c5oc5ccccc56)cc4)c3)cc2)cc1. The Balaban J connectivity index is 0.962. The molecule has 12 rings (SSSR count). The van der Waals surface area contributed by atoms with Gasteiger partial charge in [-0.2, -0.15) is 0 Å². The van der Waals surface area contributed by atoms with Crippen LogP contribution < -0.4 is 9.80 Å². The van der Waals surface area contributed by atoms with Crippen molar-refractivity contribution in [3.05, 3.63) is 279 Å². The van der Waals surface area contributed by atoms with Gasteiger partial charge in [-0.25, -0.2) is 0 Å². The summed E-state index contributed by atoms with van der Waals surface area (Å²) in [5.41, 5.74) is 19.7. The zero-order valence-corrected chi connectivity index (χ0v) is 37.9. The summed E-state index contributed by atoms with van der Waals surface area (Å²) >= 11 is 0. The lowest BCUT2D eigenvalue weighted by Crippen LogP contribution is -2.12. The molecule has 0 fully saturated rings. The van der Waals surface area contributed by atoms with Crippen molar-refractivity contribution in [2.24, 2.45) is 0 Å². The highest BCUT2D eigenvalue weighted by atomic mass is 16.3. The number of para-hydroxylation sites is 3. The first kappa shape index (κ1) is 41.3. The van der Waals surface area contributed by atoms with Crippen LogP contribution in [0.3, 0.4) is 0 Å². The third-order valence-electron chi connectivity index (χ3n) is 13.1. The maximum Gasteiger partial charge on any atom is 0.143 e. The summed E-state index contributed by atoms with van der Waals surface area (Å²) in [4.78, 5) is 4.74. The molecular weight excluding hydrogens is 837 g/mol. The number of benzene rings is 11. The molecule has 0 spiro atoms. The minimum atomic E-state index is 0.896. The lowest BCUT2D eigenvalue weighted by molar-refractivity contribution is 0.670. The molecule has 326 valence electrons. The lowest BCUT2D eigenvalue weighted by atomic mass is 9.99.